The smallest absolute Gasteiger partial charge is 0.227 e. The lowest BCUT2D eigenvalue weighted by Crippen LogP contribution is -2.74. The SMILES string of the molecule is CC(C(=O)Nc1ccc(F)cc1)C12CC(Nc3nncc4ccccc34)(C1)C2. The van der Waals surface area contributed by atoms with Gasteiger partial charge in [-0.2, -0.15) is 5.10 Å². The Kier molecular flexibility index (Phi) is 3.66. The molecule has 5 nitrogen and oxygen atoms in total. The van der Waals surface area contributed by atoms with Crippen LogP contribution >= 0.6 is 0 Å². The maximum Gasteiger partial charge on any atom is 0.227 e. The van der Waals surface area contributed by atoms with Crippen molar-refractivity contribution in [3.63, 3.8) is 0 Å². The zero-order chi connectivity index (χ0) is 19.4. The molecule has 2 N–H and O–H groups in total. The molecule has 6 rings (SSSR count). The predicted molar refractivity (Wildman–Crippen MR) is 106 cm³/mol. The van der Waals surface area contributed by atoms with E-state index in [0.717, 1.165) is 35.9 Å². The fraction of sp³-hybridized carbons (Fsp3) is 0.318. The Hall–Kier alpha value is -3.02. The van der Waals surface area contributed by atoms with Crippen molar-refractivity contribution in [1.82, 2.24) is 10.2 Å². The Morgan fingerprint density at radius 3 is 2.57 bits per heavy atom. The molecule has 2 bridgehead atoms. The Balaban J connectivity index is 1.25. The number of anilines is 2. The number of carbonyl (C=O) groups excluding carboxylic acids is 1. The summed E-state index contributed by atoms with van der Waals surface area (Å²) < 4.78 is 13.0. The molecule has 142 valence electrons. The Labute approximate surface area is 162 Å². The summed E-state index contributed by atoms with van der Waals surface area (Å²) in [4.78, 5) is 12.7. The first-order valence-electron chi connectivity index (χ1n) is 9.54. The highest BCUT2D eigenvalue weighted by molar-refractivity contribution is 5.94. The molecule has 0 spiro atoms. The molecule has 0 radical (unpaired) electrons. The molecule has 3 saturated carbocycles. The van der Waals surface area contributed by atoms with Crippen LogP contribution in [0, 0.1) is 17.2 Å². The lowest BCUT2D eigenvalue weighted by Gasteiger charge is -2.72. The Bertz CT molecular complexity index is 1040. The van der Waals surface area contributed by atoms with Crippen LogP contribution in [-0.4, -0.2) is 21.6 Å². The van der Waals surface area contributed by atoms with Gasteiger partial charge < -0.3 is 10.6 Å². The topological polar surface area (TPSA) is 66.9 Å². The molecule has 0 aliphatic heterocycles. The van der Waals surface area contributed by atoms with Gasteiger partial charge in [0, 0.05) is 27.9 Å². The van der Waals surface area contributed by atoms with E-state index in [1.54, 1.807) is 18.3 Å². The van der Waals surface area contributed by atoms with Crippen LogP contribution in [0.25, 0.3) is 10.8 Å². The largest absolute Gasteiger partial charge is 0.363 e. The molecule has 3 aliphatic carbocycles. The van der Waals surface area contributed by atoms with Gasteiger partial charge in [-0.05, 0) is 48.9 Å². The standard InChI is InChI=1S/C22H21FN4O/c1-14(20(28)25-17-8-6-16(23)7-9-17)21-11-22(12-21,13-21)26-19-18-5-3-2-4-15(18)10-24-27-19/h2-10,14H,11-13H2,1H3,(H,25,28)(H,26,27). The van der Waals surface area contributed by atoms with Gasteiger partial charge in [0.1, 0.15) is 5.82 Å². The van der Waals surface area contributed by atoms with Crippen molar-refractivity contribution >= 4 is 28.2 Å². The van der Waals surface area contributed by atoms with Crippen LogP contribution in [-0.2, 0) is 4.79 Å². The number of hydrogen-bond donors (Lipinski definition) is 2. The van der Waals surface area contributed by atoms with E-state index in [1.807, 2.05) is 31.2 Å². The molecular formula is C22H21FN4O. The number of benzene rings is 2. The second kappa shape index (κ2) is 5.99. The molecule has 1 unspecified atom stereocenters. The number of amides is 1. The number of halogens is 1. The maximum atomic E-state index is 13.0. The third-order valence-electron chi connectivity index (χ3n) is 6.45. The number of carbonyl (C=O) groups is 1. The van der Waals surface area contributed by atoms with E-state index in [9.17, 15) is 9.18 Å². The van der Waals surface area contributed by atoms with Crippen LogP contribution in [0.1, 0.15) is 26.2 Å². The van der Waals surface area contributed by atoms with Crippen LogP contribution < -0.4 is 10.6 Å². The highest BCUT2D eigenvalue weighted by Gasteiger charge is 2.70. The average Bonchev–Trinajstić information content (AvgIpc) is 2.65. The third kappa shape index (κ3) is 2.63. The van der Waals surface area contributed by atoms with Gasteiger partial charge >= 0.3 is 0 Å². The van der Waals surface area contributed by atoms with Crippen LogP contribution in [0.5, 0.6) is 0 Å². The second-order valence-electron chi connectivity index (χ2n) is 8.30. The van der Waals surface area contributed by atoms with Gasteiger partial charge in [0.2, 0.25) is 5.91 Å². The van der Waals surface area contributed by atoms with Gasteiger partial charge in [-0.1, -0.05) is 31.2 Å². The minimum atomic E-state index is -0.310. The van der Waals surface area contributed by atoms with Crippen molar-refractivity contribution in [3.8, 4) is 0 Å². The van der Waals surface area contributed by atoms with Gasteiger partial charge in [-0.3, -0.25) is 4.79 Å². The number of nitrogens with zero attached hydrogens (tertiary/aromatic N) is 2. The normalized spacial score (nSPS) is 26.1. The fourth-order valence-corrected chi connectivity index (χ4v) is 4.89. The molecule has 3 aromatic rings. The number of hydrogen-bond acceptors (Lipinski definition) is 4. The van der Waals surface area contributed by atoms with Crippen LogP contribution in [0.4, 0.5) is 15.9 Å². The summed E-state index contributed by atoms with van der Waals surface area (Å²) in [6.45, 7) is 1.99. The molecule has 1 amide bonds. The fourth-order valence-electron chi connectivity index (χ4n) is 4.89. The van der Waals surface area contributed by atoms with E-state index in [2.05, 4.69) is 20.8 Å². The molecule has 6 heteroatoms. The van der Waals surface area contributed by atoms with E-state index >= 15 is 0 Å². The molecule has 0 saturated heterocycles. The van der Waals surface area contributed by atoms with Crippen molar-refractivity contribution in [2.45, 2.75) is 31.7 Å². The molecule has 1 aromatic heterocycles. The van der Waals surface area contributed by atoms with Crippen molar-refractivity contribution in [1.29, 1.82) is 0 Å². The molecule has 28 heavy (non-hydrogen) atoms. The van der Waals surface area contributed by atoms with Gasteiger partial charge in [-0.25, -0.2) is 4.39 Å². The van der Waals surface area contributed by atoms with E-state index in [-0.39, 0.29) is 28.6 Å². The average molecular weight is 376 g/mol. The lowest BCUT2D eigenvalue weighted by atomic mass is 9.36. The molecule has 2 aromatic carbocycles. The first-order chi connectivity index (χ1) is 13.5. The summed E-state index contributed by atoms with van der Waals surface area (Å²) in [7, 11) is 0. The molecule has 3 fully saturated rings. The molecular weight excluding hydrogens is 355 g/mol. The summed E-state index contributed by atoms with van der Waals surface area (Å²) in [6, 6.07) is 13.9. The molecule has 1 atom stereocenters. The van der Waals surface area contributed by atoms with E-state index < -0.39 is 0 Å². The summed E-state index contributed by atoms with van der Waals surface area (Å²) in [5.74, 6) is 0.398. The Morgan fingerprint density at radius 2 is 1.82 bits per heavy atom. The summed E-state index contributed by atoms with van der Waals surface area (Å²) in [5, 5.41) is 17.0. The minimum Gasteiger partial charge on any atom is -0.363 e. The monoisotopic (exact) mass is 376 g/mol. The maximum absolute atomic E-state index is 13.0. The predicted octanol–water partition coefficient (Wildman–Crippen LogP) is 4.38. The number of rotatable bonds is 5. The number of aromatic nitrogens is 2. The van der Waals surface area contributed by atoms with E-state index in [0.29, 0.717) is 5.69 Å². The van der Waals surface area contributed by atoms with Gasteiger partial charge in [0.15, 0.2) is 5.82 Å². The van der Waals surface area contributed by atoms with Gasteiger partial charge in [0.05, 0.1) is 6.20 Å². The third-order valence-corrected chi connectivity index (χ3v) is 6.45. The van der Waals surface area contributed by atoms with E-state index in [4.69, 9.17) is 0 Å². The Morgan fingerprint density at radius 1 is 1.11 bits per heavy atom. The zero-order valence-corrected chi connectivity index (χ0v) is 15.6. The number of nitrogens with one attached hydrogen (secondary N) is 2. The van der Waals surface area contributed by atoms with Crippen LogP contribution in [0.3, 0.4) is 0 Å². The van der Waals surface area contributed by atoms with E-state index in [1.165, 1.54) is 12.1 Å². The highest BCUT2D eigenvalue weighted by Crippen LogP contribution is 2.71. The quantitative estimate of drug-likeness (QED) is 0.694. The van der Waals surface area contributed by atoms with Crippen molar-refractivity contribution < 1.29 is 9.18 Å². The van der Waals surface area contributed by atoms with Crippen molar-refractivity contribution in [3.05, 3.63) is 60.5 Å². The zero-order valence-electron chi connectivity index (χ0n) is 15.6. The number of fused-ring (bicyclic) bond motifs is 1. The van der Waals surface area contributed by atoms with Crippen LogP contribution in [0.2, 0.25) is 0 Å². The second-order valence-corrected chi connectivity index (χ2v) is 8.30. The molecule has 1 heterocycles. The van der Waals surface area contributed by atoms with Crippen LogP contribution in [0.15, 0.2) is 54.7 Å². The minimum absolute atomic E-state index is 0.00939. The first kappa shape index (κ1) is 17.1. The highest BCUT2D eigenvalue weighted by atomic mass is 19.1. The lowest BCUT2D eigenvalue weighted by molar-refractivity contribution is -0.166. The molecule has 3 aliphatic rings. The van der Waals surface area contributed by atoms with Crippen molar-refractivity contribution in [2.75, 3.05) is 10.6 Å². The van der Waals surface area contributed by atoms with Gasteiger partial charge in [-0.15, -0.1) is 5.10 Å². The summed E-state index contributed by atoms with van der Waals surface area (Å²) in [6.07, 6.45) is 4.61. The first-order valence-corrected chi connectivity index (χ1v) is 9.54. The summed E-state index contributed by atoms with van der Waals surface area (Å²) in [5.41, 5.74) is 0.682. The van der Waals surface area contributed by atoms with Gasteiger partial charge in [0.25, 0.3) is 0 Å². The summed E-state index contributed by atoms with van der Waals surface area (Å²) >= 11 is 0. The van der Waals surface area contributed by atoms with Crippen molar-refractivity contribution in [2.24, 2.45) is 11.3 Å².